The Kier molecular flexibility index (Phi) is 3.16. The lowest BCUT2D eigenvalue weighted by Crippen LogP contribution is -2.05. The van der Waals surface area contributed by atoms with Gasteiger partial charge >= 0.3 is 0 Å². The van der Waals surface area contributed by atoms with Gasteiger partial charge in [0.2, 0.25) is 0 Å². The summed E-state index contributed by atoms with van der Waals surface area (Å²) in [5.74, 6) is 0. The van der Waals surface area contributed by atoms with Crippen LogP contribution in [-0.4, -0.2) is 19.3 Å². The number of H-pyrrole nitrogens is 1. The zero-order chi connectivity index (χ0) is 13.4. The summed E-state index contributed by atoms with van der Waals surface area (Å²) >= 11 is 11.5. The SMILES string of the molecule is Cn1nccc1CCn1c(=S)[nH]c2c(Cl)cccc21. The smallest absolute Gasteiger partial charge is 0.178 e. The molecule has 0 atom stereocenters. The Bertz CT molecular complexity index is 783. The largest absolute Gasteiger partial charge is 0.329 e. The number of benzene rings is 1. The molecule has 4 nitrogen and oxygen atoms in total. The minimum Gasteiger partial charge on any atom is -0.329 e. The molecular weight excluding hydrogens is 280 g/mol. The van der Waals surface area contributed by atoms with E-state index in [1.165, 1.54) is 5.69 Å². The number of para-hydroxylation sites is 1. The van der Waals surface area contributed by atoms with Crippen LogP contribution in [0.4, 0.5) is 0 Å². The van der Waals surface area contributed by atoms with Crippen molar-refractivity contribution in [3.8, 4) is 0 Å². The van der Waals surface area contributed by atoms with Crippen molar-refractivity contribution in [1.82, 2.24) is 19.3 Å². The Hall–Kier alpha value is -1.59. The van der Waals surface area contributed by atoms with E-state index in [1.807, 2.05) is 36.0 Å². The number of hydrogen-bond acceptors (Lipinski definition) is 2. The van der Waals surface area contributed by atoms with Gasteiger partial charge in [-0.05, 0) is 30.4 Å². The van der Waals surface area contributed by atoms with Crippen molar-refractivity contribution >= 4 is 34.9 Å². The lowest BCUT2D eigenvalue weighted by atomic mass is 10.3. The van der Waals surface area contributed by atoms with Crippen molar-refractivity contribution in [2.45, 2.75) is 13.0 Å². The molecule has 0 radical (unpaired) electrons. The number of nitrogens with zero attached hydrogens (tertiary/aromatic N) is 3. The lowest BCUT2D eigenvalue weighted by molar-refractivity contribution is 0.642. The van der Waals surface area contributed by atoms with E-state index in [0.717, 1.165) is 24.0 Å². The van der Waals surface area contributed by atoms with Crippen LogP contribution in [-0.2, 0) is 20.0 Å². The van der Waals surface area contributed by atoms with Crippen LogP contribution in [0, 0.1) is 4.77 Å². The van der Waals surface area contributed by atoms with Gasteiger partial charge in [0.15, 0.2) is 4.77 Å². The number of aryl methyl sites for hydroxylation is 3. The molecule has 19 heavy (non-hydrogen) atoms. The van der Waals surface area contributed by atoms with Gasteiger partial charge in [-0.1, -0.05) is 17.7 Å². The molecule has 0 saturated carbocycles. The molecule has 2 heterocycles. The van der Waals surface area contributed by atoms with E-state index >= 15 is 0 Å². The summed E-state index contributed by atoms with van der Waals surface area (Å²) in [7, 11) is 1.95. The number of halogens is 1. The van der Waals surface area contributed by atoms with E-state index in [2.05, 4.69) is 14.6 Å². The molecule has 0 aliphatic heterocycles. The Labute approximate surface area is 120 Å². The number of aromatic amines is 1. The van der Waals surface area contributed by atoms with Crippen LogP contribution in [0.2, 0.25) is 5.02 Å². The molecule has 3 rings (SSSR count). The number of imidazole rings is 1. The molecule has 0 fully saturated rings. The minimum absolute atomic E-state index is 0.697. The van der Waals surface area contributed by atoms with Crippen molar-refractivity contribution in [3.05, 3.63) is 45.9 Å². The summed E-state index contributed by atoms with van der Waals surface area (Å²) < 4.78 is 4.65. The van der Waals surface area contributed by atoms with Crippen molar-refractivity contribution in [2.75, 3.05) is 0 Å². The fraction of sp³-hybridized carbons (Fsp3) is 0.231. The molecule has 0 spiro atoms. The average Bonchev–Trinajstić information content (AvgIpc) is 2.92. The van der Waals surface area contributed by atoms with Gasteiger partial charge in [0.1, 0.15) is 0 Å². The molecule has 6 heteroatoms. The third-order valence-corrected chi connectivity index (χ3v) is 3.91. The molecule has 0 amide bonds. The number of fused-ring (bicyclic) bond motifs is 1. The molecule has 0 bridgehead atoms. The Balaban J connectivity index is 1.97. The van der Waals surface area contributed by atoms with Gasteiger partial charge in [-0.2, -0.15) is 5.10 Å². The average molecular weight is 293 g/mol. The predicted molar refractivity (Wildman–Crippen MR) is 79.0 cm³/mol. The maximum Gasteiger partial charge on any atom is 0.178 e. The van der Waals surface area contributed by atoms with Crippen LogP contribution in [0.25, 0.3) is 11.0 Å². The van der Waals surface area contributed by atoms with Crippen LogP contribution in [0.5, 0.6) is 0 Å². The van der Waals surface area contributed by atoms with Crippen LogP contribution in [0.15, 0.2) is 30.5 Å². The number of nitrogens with one attached hydrogen (secondary N) is 1. The second kappa shape index (κ2) is 4.83. The molecule has 0 saturated heterocycles. The van der Waals surface area contributed by atoms with Crippen LogP contribution in [0.3, 0.4) is 0 Å². The van der Waals surface area contributed by atoms with Crippen molar-refractivity contribution in [1.29, 1.82) is 0 Å². The number of aromatic nitrogens is 4. The first kappa shape index (κ1) is 12.4. The molecule has 1 N–H and O–H groups in total. The van der Waals surface area contributed by atoms with E-state index < -0.39 is 0 Å². The summed E-state index contributed by atoms with van der Waals surface area (Å²) in [4.78, 5) is 3.16. The van der Waals surface area contributed by atoms with E-state index in [4.69, 9.17) is 23.8 Å². The molecule has 98 valence electrons. The standard InChI is InChI=1S/C13H13ClN4S/c1-17-9(5-7-15-17)6-8-18-11-4-2-3-10(14)12(11)16-13(18)19/h2-5,7H,6,8H2,1H3,(H,16,19). The van der Waals surface area contributed by atoms with E-state index in [-0.39, 0.29) is 0 Å². The normalized spacial score (nSPS) is 11.3. The second-order valence-corrected chi connectivity index (χ2v) is 5.21. The second-order valence-electron chi connectivity index (χ2n) is 4.41. The Morgan fingerprint density at radius 1 is 1.37 bits per heavy atom. The third kappa shape index (κ3) is 2.19. The van der Waals surface area contributed by atoms with Gasteiger partial charge in [-0.3, -0.25) is 4.68 Å². The number of hydrogen-bond donors (Lipinski definition) is 1. The van der Waals surface area contributed by atoms with Crippen molar-refractivity contribution < 1.29 is 0 Å². The first-order valence-electron chi connectivity index (χ1n) is 6.01. The molecule has 1 aromatic carbocycles. The molecule has 0 unspecified atom stereocenters. The van der Waals surface area contributed by atoms with E-state index in [1.54, 1.807) is 6.20 Å². The first-order chi connectivity index (χ1) is 9.16. The van der Waals surface area contributed by atoms with Crippen molar-refractivity contribution in [3.63, 3.8) is 0 Å². The Morgan fingerprint density at radius 2 is 2.21 bits per heavy atom. The highest BCUT2D eigenvalue weighted by molar-refractivity contribution is 7.71. The topological polar surface area (TPSA) is 38.5 Å². The fourth-order valence-corrected chi connectivity index (χ4v) is 2.75. The lowest BCUT2D eigenvalue weighted by Gasteiger charge is -2.05. The maximum absolute atomic E-state index is 6.16. The van der Waals surface area contributed by atoms with Gasteiger partial charge in [0.05, 0.1) is 16.1 Å². The highest BCUT2D eigenvalue weighted by Gasteiger charge is 2.08. The van der Waals surface area contributed by atoms with Crippen LogP contribution < -0.4 is 0 Å². The third-order valence-electron chi connectivity index (χ3n) is 3.27. The zero-order valence-corrected chi connectivity index (χ0v) is 12.0. The monoisotopic (exact) mass is 292 g/mol. The maximum atomic E-state index is 6.16. The molecule has 0 aliphatic rings. The summed E-state index contributed by atoms with van der Waals surface area (Å²) in [6.07, 6.45) is 2.69. The minimum atomic E-state index is 0.697. The van der Waals surface area contributed by atoms with Crippen LogP contribution >= 0.6 is 23.8 Å². The molecule has 0 aliphatic carbocycles. The summed E-state index contributed by atoms with van der Waals surface area (Å²) in [5.41, 5.74) is 3.12. The summed E-state index contributed by atoms with van der Waals surface area (Å²) in [5, 5.41) is 4.86. The molecular formula is C13H13ClN4S. The van der Waals surface area contributed by atoms with Gasteiger partial charge in [0, 0.05) is 31.9 Å². The zero-order valence-electron chi connectivity index (χ0n) is 10.4. The van der Waals surface area contributed by atoms with Crippen molar-refractivity contribution in [2.24, 2.45) is 7.05 Å². The Morgan fingerprint density at radius 3 is 2.95 bits per heavy atom. The highest BCUT2D eigenvalue weighted by atomic mass is 35.5. The van der Waals surface area contributed by atoms with Gasteiger partial charge in [-0.15, -0.1) is 0 Å². The summed E-state index contributed by atoms with van der Waals surface area (Å²) in [6, 6.07) is 7.84. The molecule has 2 aromatic heterocycles. The van der Waals surface area contributed by atoms with E-state index in [9.17, 15) is 0 Å². The van der Waals surface area contributed by atoms with Gasteiger partial charge < -0.3 is 9.55 Å². The van der Waals surface area contributed by atoms with Crippen LogP contribution in [0.1, 0.15) is 5.69 Å². The van der Waals surface area contributed by atoms with Gasteiger partial charge in [0.25, 0.3) is 0 Å². The number of rotatable bonds is 3. The fourth-order valence-electron chi connectivity index (χ4n) is 2.24. The summed E-state index contributed by atoms with van der Waals surface area (Å²) in [6.45, 7) is 0.804. The highest BCUT2D eigenvalue weighted by Crippen LogP contribution is 2.22. The predicted octanol–water partition coefficient (Wildman–Crippen LogP) is 3.33. The quantitative estimate of drug-likeness (QED) is 0.752. The van der Waals surface area contributed by atoms with E-state index in [0.29, 0.717) is 9.79 Å². The molecule has 3 aromatic rings. The van der Waals surface area contributed by atoms with Gasteiger partial charge in [-0.25, -0.2) is 0 Å². The first-order valence-corrected chi connectivity index (χ1v) is 6.79.